The number of esters is 1. The molecule has 0 atom stereocenters. The lowest BCUT2D eigenvalue weighted by atomic mass is 10.7. The van der Waals surface area contributed by atoms with Crippen LogP contribution in [0, 0.1) is 6.61 Å². The summed E-state index contributed by atoms with van der Waals surface area (Å²) in [5.74, 6) is -0.417. The van der Waals surface area contributed by atoms with Crippen LogP contribution in [0.3, 0.4) is 0 Å². The van der Waals surface area contributed by atoms with Gasteiger partial charge in [-0.3, -0.25) is 0 Å². The highest BCUT2D eigenvalue weighted by atomic mass is 16.6. The van der Waals surface area contributed by atoms with E-state index in [9.17, 15) is 4.79 Å². The summed E-state index contributed by atoms with van der Waals surface area (Å²) in [6.45, 7) is 5.51. The van der Waals surface area contributed by atoms with Gasteiger partial charge >= 0.3 is 5.97 Å². The highest BCUT2D eigenvalue weighted by Gasteiger charge is 1.99. The molecule has 0 aromatic carbocycles. The van der Waals surface area contributed by atoms with Gasteiger partial charge in [0.25, 0.3) is 0 Å². The van der Waals surface area contributed by atoms with Crippen molar-refractivity contribution < 1.29 is 14.3 Å². The molecular weight excluding hydrogens is 120 g/mol. The normalized spacial score (nSPS) is 9.11. The predicted molar refractivity (Wildman–Crippen MR) is 32.6 cm³/mol. The standard InChI is InChI=1S/C6H11O3/c1-3-8-5-6(7)9-4-2/h5H,3-4H2,1-2H3. The highest BCUT2D eigenvalue weighted by molar-refractivity contribution is 5.76. The van der Waals surface area contributed by atoms with Gasteiger partial charge in [0.1, 0.15) is 0 Å². The molecule has 0 spiro atoms. The van der Waals surface area contributed by atoms with Crippen molar-refractivity contribution >= 4 is 5.97 Å². The molecular formula is C6H11O3. The van der Waals surface area contributed by atoms with Crippen molar-refractivity contribution in [3.63, 3.8) is 0 Å². The molecule has 3 nitrogen and oxygen atoms in total. The van der Waals surface area contributed by atoms with E-state index in [1.165, 1.54) is 0 Å². The second kappa shape index (κ2) is 5.56. The van der Waals surface area contributed by atoms with Crippen molar-refractivity contribution in [3.8, 4) is 0 Å². The van der Waals surface area contributed by atoms with Gasteiger partial charge in [0.2, 0.25) is 0 Å². The van der Waals surface area contributed by atoms with E-state index in [1.54, 1.807) is 13.8 Å². The Morgan fingerprint density at radius 2 is 2.11 bits per heavy atom. The summed E-state index contributed by atoms with van der Waals surface area (Å²) in [5.41, 5.74) is 0. The topological polar surface area (TPSA) is 35.5 Å². The predicted octanol–water partition coefficient (Wildman–Crippen LogP) is 0.748. The number of ether oxygens (including phenoxy) is 2. The average molecular weight is 131 g/mol. The van der Waals surface area contributed by atoms with Crippen molar-refractivity contribution in [2.45, 2.75) is 13.8 Å². The van der Waals surface area contributed by atoms with E-state index in [4.69, 9.17) is 0 Å². The zero-order chi connectivity index (χ0) is 7.11. The van der Waals surface area contributed by atoms with Crippen LogP contribution in [0.1, 0.15) is 13.8 Å². The molecule has 53 valence electrons. The van der Waals surface area contributed by atoms with Gasteiger partial charge in [-0.05, 0) is 13.8 Å². The third kappa shape index (κ3) is 5.30. The summed E-state index contributed by atoms with van der Waals surface area (Å²) < 4.78 is 9.17. The molecule has 9 heavy (non-hydrogen) atoms. The number of carbonyl (C=O) groups is 1. The lowest BCUT2D eigenvalue weighted by molar-refractivity contribution is -0.143. The fourth-order valence-corrected chi connectivity index (χ4v) is 0.328. The molecule has 0 saturated heterocycles. The molecule has 0 saturated carbocycles. The van der Waals surface area contributed by atoms with Crippen LogP contribution in [-0.4, -0.2) is 19.2 Å². The summed E-state index contributed by atoms with van der Waals surface area (Å²) in [6, 6.07) is 0. The van der Waals surface area contributed by atoms with Crippen LogP contribution >= 0.6 is 0 Å². The van der Waals surface area contributed by atoms with Gasteiger partial charge in [-0.15, -0.1) is 0 Å². The lowest BCUT2D eigenvalue weighted by Gasteiger charge is -1.98. The van der Waals surface area contributed by atoms with Crippen molar-refractivity contribution in [2.75, 3.05) is 13.2 Å². The van der Waals surface area contributed by atoms with Crippen LogP contribution in [0.2, 0.25) is 0 Å². The van der Waals surface area contributed by atoms with E-state index in [2.05, 4.69) is 9.47 Å². The Kier molecular flexibility index (Phi) is 5.21. The second-order valence-electron chi connectivity index (χ2n) is 1.33. The summed E-state index contributed by atoms with van der Waals surface area (Å²) >= 11 is 0. The molecule has 0 aliphatic rings. The van der Waals surface area contributed by atoms with Gasteiger partial charge in [-0.2, -0.15) is 0 Å². The Bertz CT molecular complexity index is 80.4. The van der Waals surface area contributed by atoms with Crippen molar-refractivity contribution in [3.05, 3.63) is 6.61 Å². The van der Waals surface area contributed by atoms with Crippen LogP contribution in [-0.2, 0) is 14.3 Å². The second-order valence-corrected chi connectivity index (χ2v) is 1.33. The molecule has 0 aliphatic carbocycles. The molecule has 0 rings (SSSR count). The first-order chi connectivity index (χ1) is 4.31. The molecule has 0 bridgehead atoms. The zero-order valence-electron chi connectivity index (χ0n) is 5.72. The van der Waals surface area contributed by atoms with Gasteiger partial charge in [0.05, 0.1) is 6.61 Å². The molecule has 0 unspecified atom stereocenters. The largest absolute Gasteiger partial charge is 0.464 e. The highest BCUT2D eigenvalue weighted by Crippen LogP contribution is 1.85. The number of carbonyl (C=O) groups excluding carboxylic acids is 1. The van der Waals surface area contributed by atoms with Crippen molar-refractivity contribution in [2.24, 2.45) is 0 Å². The van der Waals surface area contributed by atoms with E-state index in [0.717, 1.165) is 6.61 Å². The maximum absolute atomic E-state index is 10.4. The quantitative estimate of drug-likeness (QED) is 0.528. The van der Waals surface area contributed by atoms with Gasteiger partial charge in [-0.1, -0.05) is 0 Å². The minimum Gasteiger partial charge on any atom is -0.464 e. The minimum atomic E-state index is -0.417. The van der Waals surface area contributed by atoms with Crippen LogP contribution < -0.4 is 0 Å². The smallest absolute Gasteiger partial charge is 0.338 e. The van der Waals surface area contributed by atoms with E-state index in [0.29, 0.717) is 13.2 Å². The number of hydrogen-bond acceptors (Lipinski definition) is 3. The maximum Gasteiger partial charge on any atom is 0.338 e. The third-order valence-electron chi connectivity index (χ3n) is 0.633. The Morgan fingerprint density at radius 3 is 2.56 bits per heavy atom. The first kappa shape index (κ1) is 8.43. The summed E-state index contributed by atoms with van der Waals surface area (Å²) in [4.78, 5) is 10.4. The van der Waals surface area contributed by atoms with Crippen LogP contribution in [0.25, 0.3) is 0 Å². The monoisotopic (exact) mass is 131 g/mol. The van der Waals surface area contributed by atoms with Gasteiger partial charge in [0.15, 0.2) is 6.61 Å². The van der Waals surface area contributed by atoms with E-state index in [-0.39, 0.29) is 0 Å². The Balaban J connectivity index is 3.06. The summed E-state index contributed by atoms with van der Waals surface area (Å²) in [7, 11) is 0. The molecule has 0 amide bonds. The fourth-order valence-electron chi connectivity index (χ4n) is 0.328. The molecule has 3 heteroatoms. The van der Waals surface area contributed by atoms with Gasteiger partial charge in [0, 0.05) is 6.61 Å². The van der Waals surface area contributed by atoms with Crippen molar-refractivity contribution in [1.82, 2.24) is 0 Å². The maximum atomic E-state index is 10.4. The van der Waals surface area contributed by atoms with Gasteiger partial charge < -0.3 is 9.47 Å². The van der Waals surface area contributed by atoms with E-state index >= 15 is 0 Å². The average Bonchev–Trinajstić information content (AvgIpc) is 1.85. The summed E-state index contributed by atoms with van der Waals surface area (Å²) in [6.07, 6.45) is 0. The molecule has 0 aliphatic heterocycles. The van der Waals surface area contributed by atoms with Crippen LogP contribution in [0.4, 0.5) is 0 Å². The lowest BCUT2D eigenvalue weighted by Crippen LogP contribution is -2.06. The first-order valence-electron chi connectivity index (χ1n) is 2.92. The van der Waals surface area contributed by atoms with E-state index in [1.807, 2.05) is 0 Å². The third-order valence-corrected chi connectivity index (χ3v) is 0.633. The Labute approximate surface area is 55.0 Å². The van der Waals surface area contributed by atoms with Crippen molar-refractivity contribution in [1.29, 1.82) is 0 Å². The van der Waals surface area contributed by atoms with Crippen LogP contribution in [0.5, 0.6) is 0 Å². The molecule has 0 heterocycles. The fraction of sp³-hybridized carbons (Fsp3) is 0.667. The number of rotatable bonds is 4. The molecule has 0 fully saturated rings. The SMILES string of the molecule is CCO[CH]C(=O)OCC. The van der Waals surface area contributed by atoms with Crippen LogP contribution in [0.15, 0.2) is 0 Å². The molecule has 0 aromatic rings. The molecule has 1 radical (unpaired) electrons. The summed E-state index contributed by atoms with van der Waals surface area (Å²) in [5, 5.41) is 0. The zero-order valence-corrected chi connectivity index (χ0v) is 5.72. The minimum absolute atomic E-state index is 0.391. The first-order valence-corrected chi connectivity index (χ1v) is 2.92. The Hall–Kier alpha value is -0.570. The van der Waals surface area contributed by atoms with E-state index < -0.39 is 5.97 Å². The number of hydrogen-bond donors (Lipinski definition) is 0. The van der Waals surface area contributed by atoms with Gasteiger partial charge in [-0.25, -0.2) is 4.79 Å². The molecule has 0 N–H and O–H groups in total. The Morgan fingerprint density at radius 1 is 1.44 bits per heavy atom. The molecule has 0 aromatic heterocycles.